The van der Waals surface area contributed by atoms with Crippen molar-refractivity contribution in [2.45, 2.75) is 19.4 Å². The van der Waals surface area contributed by atoms with Gasteiger partial charge >= 0.3 is 6.09 Å². The smallest absolute Gasteiger partial charge is 0.416 e. The zero-order chi connectivity index (χ0) is 29.2. The number of amides is 1. The standard InChI is InChI=1S/C34H27Cl2N3O3/c1-3-25(41-31-17-9-22-6-4-5-7-29(22)37-31)13-8-21(2)33-32-27(28-20-24(36)12-16-30(28)38-32)18-19-39(33)34(40)42-26-14-10-23(35)11-15-26/h3-17,20,33,38H,2,18-19H2,1H3. The number of benzene rings is 3. The number of carbonyl (C=O) groups excluding carboxylic acids is 1. The van der Waals surface area contributed by atoms with Gasteiger partial charge in [0.15, 0.2) is 0 Å². The molecule has 1 aliphatic heterocycles. The number of hydrogen-bond acceptors (Lipinski definition) is 4. The van der Waals surface area contributed by atoms with Gasteiger partial charge in [-0.2, -0.15) is 0 Å². The van der Waals surface area contributed by atoms with Crippen molar-refractivity contribution in [3.63, 3.8) is 0 Å². The second-order valence-corrected chi connectivity index (χ2v) is 10.8. The highest BCUT2D eigenvalue weighted by Gasteiger charge is 2.35. The number of allylic oxidation sites excluding steroid dienone is 2. The third-order valence-electron chi connectivity index (χ3n) is 7.24. The number of aromatic nitrogens is 2. The summed E-state index contributed by atoms with van der Waals surface area (Å²) in [6, 6.07) is 23.6. The van der Waals surface area contributed by atoms with E-state index in [1.54, 1.807) is 29.2 Å². The van der Waals surface area contributed by atoms with Crippen molar-refractivity contribution in [2.24, 2.45) is 0 Å². The molecule has 2 aromatic heterocycles. The first kappa shape index (κ1) is 27.6. The minimum atomic E-state index is -0.507. The first-order chi connectivity index (χ1) is 20.4. The molecule has 1 atom stereocenters. The van der Waals surface area contributed by atoms with E-state index in [4.69, 9.17) is 32.7 Å². The van der Waals surface area contributed by atoms with Gasteiger partial charge < -0.3 is 14.5 Å². The van der Waals surface area contributed by atoms with Gasteiger partial charge in [0.05, 0.1) is 5.52 Å². The monoisotopic (exact) mass is 595 g/mol. The third kappa shape index (κ3) is 5.64. The van der Waals surface area contributed by atoms with Gasteiger partial charge in [0.1, 0.15) is 17.6 Å². The van der Waals surface area contributed by atoms with Crippen LogP contribution in [0.3, 0.4) is 0 Å². The molecule has 0 fully saturated rings. The summed E-state index contributed by atoms with van der Waals surface area (Å²) in [7, 11) is 0. The predicted octanol–water partition coefficient (Wildman–Crippen LogP) is 9.22. The fourth-order valence-electron chi connectivity index (χ4n) is 5.20. The summed E-state index contributed by atoms with van der Waals surface area (Å²) < 4.78 is 11.8. The fourth-order valence-corrected chi connectivity index (χ4v) is 5.50. The van der Waals surface area contributed by atoms with Crippen LogP contribution in [-0.2, 0) is 6.42 Å². The van der Waals surface area contributed by atoms with Crippen LogP contribution in [0.25, 0.3) is 21.8 Å². The predicted molar refractivity (Wildman–Crippen MR) is 168 cm³/mol. The largest absolute Gasteiger partial charge is 0.439 e. The van der Waals surface area contributed by atoms with Crippen LogP contribution >= 0.6 is 23.2 Å². The van der Waals surface area contributed by atoms with E-state index in [0.29, 0.717) is 46.0 Å². The maximum atomic E-state index is 13.5. The molecule has 3 aromatic carbocycles. The van der Waals surface area contributed by atoms with Crippen molar-refractivity contribution in [3.05, 3.63) is 136 Å². The molecule has 1 amide bonds. The summed E-state index contributed by atoms with van der Waals surface area (Å²) in [6.07, 6.45) is 5.69. The lowest BCUT2D eigenvalue weighted by molar-refractivity contribution is 0.135. The van der Waals surface area contributed by atoms with E-state index in [2.05, 4.69) is 16.5 Å². The second kappa shape index (κ2) is 11.8. The number of ether oxygens (including phenoxy) is 2. The molecule has 210 valence electrons. The highest BCUT2D eigenvalue weighted by molar-refractivity contribution is 6.31. The summed E-state index contributed by atoms with van der Waals surface area (Å²) in [5, 5.41) is 3.28. The zero-order valence-electron chi connectivity index (χ0n) is 22.8. The molecule has 6 rings (SSSR count). The Hall–Kier alpha value is -4.52. The normalized spacial score (nSPS) is 15.3. The molecule has 0 saturated heterocycles. The Morgan fingerprint density at radius 2 is 1.79 bits per heavy atom. The van der Waals surface area contributed by atoms with Gasteiger partial charge in [-0.25, -0.2) is 9.78 Å². The van der Waals surface area contributed by atoms with E-state index in [9.17, 15) is 4.79 Å². The lowest BCUT2D eigenvalue weighted by Gasteiger charge is -2.35. The van der Waals surface area contributed by atoms with Gasteiger partial charge in [0.2, 0.25) is 5.88 Å². The molecule has 5 aromatic rings. The number of hydrogen-bond donors (Lipinski definition) is 1. The minimum Gasteiger partial charge on any atom is -0.439 e. The Morgan fingerprint density at radius 3 is 2.60 bits per heavy atom. The van der Waals surface area contributed by atoms with Crippen molar-refractivity contribution < 1.29 is 14.3 Å². The Balaban J connectivity index is 1.30. The molecule has 0 saturated carbocycles. The molecular formula is C34H27Cl2N3O3. The van der Waals surface area contributed by atoms with Crippen LogP contribution in [0, 0.1) is 0 Å². The highest BCUT2D eigenvalue weighted by Crippen LogP contribution is 2.39. The van der Waals surface area contributed by atoms with Gasteiger partial charge in [-0.15, -0.1) is 0 Å². The molecule has 0 radical (unpaired) electrons. The van der Waals surface area contributed by atoms with Crippen LogP contribution in [0.4, 0.5) is 4.79 Å². The SMILES string of the molecule is C=C(C=CC(=CC)Oc1ccc2ccccc2n1)C1c2[nH]c3ccc(Cl)cc3c2CCN1C(=O)Oc1ccc(Cl)cc1. The van der Waals surface area contributed by atoms with Crippen LogP contribution in [0.5, 0.6) is 11.6 Å². The van der Waals surface area contributed by atoms with Crippen LogP contribution in [-0.4, -0.2) is 27.5 Å². The number of halogens is 2. The first-order valence-corrected chi connectivity index (χ1v) is 14.3. The average Bonchev–Trinajstić information content (AvgIpc) is 3.37. The van der Waals surface area contributed by atoms with Crippen molar-refractivity contribution in [3.8, 4) is 11.6 Å². The molecule has 1 N–H and O–H groups in total. The lowest BCUT2D eigenvalue weighted by atomic mass is 9.93. The Morgan fingerprint density at radius 1 is 1.00 bits per heavy atom. The van der Waals surface area contributed by atoms with Gasteiger partial charge in [0, 0.05) is 44.6 Å². The molecule has 6 nitrogen and oxygen atoms in total. The number of carbonyl (C=O) groups is 1. The zero-order valence-corrected chi connectivity index (χ0v) is 24.3. The van der Waals surface area contributed by atoms with Crippen molar-refractivity contribution >= 4 is 51.1 Å². The van der Waals surface area contributed by atoms with E-state index in [1.807, 2.05) is 79.7 Å². The van der Waals surface area contributed by atoms with Gasteiger partial charge in [-0.1, -0.05) is 54.1 Å². The number of pyridine rings is 1. The summed E-state index contributed by atoms with van der Waals surface area (Å²) in [6.45, 7) is 6.70. The topological polar surface area (TPSA) is 67.5 Å². The van der Waals surface area contributed by atoms with Crippen LogP contribution in [0.2, 0.25) is 10.0 Å². The second-order valence-electron chi connectivity index (χ2n) is 9.92. The molecule has 1 unspecified atom stereocenters. The van der Waals surface area contributed by atoms with Crippen LogP contribution < -0.4 is 9.47 Å². The first-order valence-electron chi connectivity index (χ1n) is 13.5. The number of para-hydroxylation sites is 1. The average molecular weight is 597 g/mol. The highest BCUT2D eigenvalue weighted by atomic mass is 35.5. The summed E-state index contributed by atoms with van der Waals surface area (Å²) >= 11 is 12.3. The van der Waals surface area contributed by atoms with Crippen molar-refractivity contribution in [1.82, 2.24) is 14.9 Å². The number of fused-ring (bicyclic) bond motifs is 4. The molecule has 0 spiro atoms. The van der Waals surface area contributed by atoms with Gasteiger partial charge in [0.25, 0.3) is 0 Å². The molecule has 0 bridgehead atoms. The Bertz CT molecular complexity index is 1870. The van der Waals surface area contributed by atoms with E-state index in [0.717, 1.165) is 33.1 Å². The Labute approximate surface area is 253 Å². The van der Waals surface area contributed by atoms with Crippen LogP contribution in [0.15, 0.2) is 115 Å². The maximum Gasteiger partial charge on any atom is 0.416 e. The van der Waals surface area contributed by atoms with E-state index in [-0.39, 0.29) is 0 Å². The summed E-state index contributed by atoms with van der Waals surface area (Å²) in [5.41, 5.74) is 4.45. The van der Waals surface area contributed by atoms with Gasteiger partial charge in [-0.3, -0.25) is 4.90 Å². The quantitative estimate of drug-likeness (QED) is 0.157. The fraction of sp³-hybridized carbons (Fsp3) is 0.118. The number of nitrogens with zero attached hydrogens (tertiary/aromatic N) is 2. The van der Waals surface area contributed by atoms with E-state index in [1.165, 1.54) is 0 Å². The molecule has 42 heavy (non-hydrogen) atoms. The van der Waals surface area contributed by atoms with Crippen molar-refractivity contribution in [1.29, 1.82) is 0 Å². The minimum absolute atomic E-state index is 0.408. The van der Waals surface area contributed by atoms with Gasteiger partial charge in [-0.05, 0) is 91.2 Å². The maximum absolute atomic E-state index is 13.5. The molecular weight excluding hydrogens is 569 g/mol. The third-order valence-corrected chi connectivity index (χ3v) is 7.72. The van der Waals surface area contributed by atoms with Crippen molar-refractivity contribution in [2.75, 3.05) is 6.54 Å². The number of rotatable bonds is 6. The van der Waals surface area contributed by atoms with E-state index >= 15 is 0 Å². The molecule has 0 aliphatic carbocycles. The van der Waals surface area contributed by atoms with E-state index < -0.39 is 12.1 Å². The molecule has 3 heterocycles. The summed E-state index contributed by atoms with van der Waals surface area (Å²) in [5.74, 6) is 1.48. The molecule has 1 aliphatic rings. The van der Waals surface area contributed by atoms with Crippen LogP contribution in [0.1, 0.15) is 24.2 Å². The summed E-state index contributed by atoms with van der Waals surface area (Å²) in [4.78, 5) is 23.3. The Kier molecular flexibility index (Phi) is 7.74. The molecule has 8 heteroatoms. The lowest BCUT2D eigenvalue weighted by Crippen LogP contribution is -2.42. The number of aromatic amines is 1. The number of nitrogens with one attached hydrogen (secondary N) is 1. The number of H-pyrrole nitrogens is 1.